The number of anilines is 1. The number of fused-ring (bicyclic) bond motifs is 1. The Kier molecular flexibility index (Phi) is 11.7. The minimum atomic E-state index is -1.35. The lowest BCUT2D eigenvalue weighted by atomic mass is 9.94. The molecule has 9 nitrogen and oxygen atoms in total. The number of hydrogen-bond acceptors (Lipinski definition) is 5. The van der Waals surface area contributed by atoms with Crippen molar-refractivity contribution >= 4 is 40.3 Å². The fourth-order valence-corrected chi connectivity index (χ4v) is 5.43. The van der Waals surface area contributed by atoms with Gasteiger partial charge in [0.2, 0.25) is 11.8 Å². The standard InChI is InChI=1S/C36H48N4O5/c1-22(2)13-14-25(5)40(34(43)30(21-31(37)41)39-35(44)45-36(6,7)8)32(28-18-23(3)17-24(4)19-28)33(42)38-29-16-15-26-11-9-10-12-27(26)20-29/h9-12,15-20,22,25,30,32H,13-14,21H2,1-8H3,(H2,37,41)(H,38,42)(H,39,44). The summed E-state index contributed by atoms with van der Waals surface area (Å²) in [6.07, 6.45) is 0.0538. The molecule has 4 amide bonds. The molecule has 3 aromatic rings. The molecule has 4 N–H and O–H groups in total. The zero-order chi connectivity index (χ0) is 33.5. The third kappa shape index (κ3) is 10.3. The van der Waals surface area contributed by atoms with E-state index in [1.54, 1.807) is 20.8 Å². The molecule has 0 fully saturated rings. The Balaban J connectivity index is 2.14. The molecule has 45 heavy (non-hydrogen) atoms. The number of primary amides is 1. The third-order valence-corrected chi connectivity index (χ3v) is 7.39. The molecule has 3 atom stereocenters. The van der Waals surface area contributed by atoms with E-state index < -0.39 is 54.0 Å². The Labute approximate surface area is 266 Å². The minimum absolute atomic E-state index is 0.344. The smallest absolute Gasteiger partial charge is 0.408 e. The van der Waals surface area contributed by atoms with Crippen LogP contribution in [-0.2, 0) is 19.1 Å². The monoisotopic (exact) mass is 616 g/mol. The number of hydrogen-bond donors (Lipinski definition) is 3. The Morgan fingerprint density at radius 1 is 0.867 bits per heavy atom. The largest absolute Gasteiger partial charge is 0.444 e. The van der Waals surface area contributed by atoms with Gasteiger partial charge in [0.05, 0.1) is 6.42 Å². The molecule has 0 radical (unpaired) electrons. The predicted octanol–water partition coefficient (Wildman–Crippen LogP) is 6.56. The molecule has 0 aliphatic heterocycles. The lowest BCUT2D eigenvalue weighted by Gasteiger charge is -2.39. The van der Waals surface area contributed by atoms with Crippen LogP contribution in [-0.4, -0.2) is 46.4 Å². The fraction of sp³-hybridized carbons (Fsp3) is 0.444. The molecule has 3 unspecified atom stereocenters. The van der Waals surface area contributed by atoms with Gasteiger partial charge < -0.3 is 26.0 Å². The van der Waals surface area contributed by atoms with Gasteiger partial charge in [0.1, 0.15) is 17.7 Å². The number of rotatable bonds is 12. The Morgan fingerprint density at radius 3 is 2.07 bits per heavy atom. The zero-order valence-corrected chi connectivity index (χ0v) is 27.8. The summed E-state index contributed by atoms with van der Waals surface area (Å²) in [6, 6.07) is 16.4. The van der Waals surface area contributed by atoms with Crippen molar-refractivity contribution in [3.63, 3.8) is 0 Å². The molecule has 0 saturated heterocycles. The van der Waals surface area contributed by atoms with Crippen molar-refractivity contribution in [3.8, 4) is 0 Å². The lowest BCUT2D eigenvalue weighted by molar-refractivity contribution is -0.144. The highest BCUT2D eigenvalue weighted by Crippen LogP contribution is 2.31. The van der Waals surface area contributed by atoms with Gasteiger partial charge in [-0.15, -0.1) is 0 Å². The maximum absolute atomic E-state index is 14.6. The van der Waals surface area contributed by atoms with Gasteiger partial charge in [-0.05, 0) is 88.8 Å². The van der Waals surface area contributed by atoms with Crippen molar-refractivity contribution in [1.29, 1.82) is 0 Å². The number of carbonyl (C=O) groups is 4. The molecular formula is C36H48N4O5. The lowest BCUT2D eigenvalue weighted by Crippen LogP contribution is -2.55. The molecule has 0 aliphatic carbocycles. The van der Waals surface area contributed by atoms with Gasteiger partial charge in [-0.2, -0.15) is 0 Å². The number of nitrogens with zero attached hydrogens (tertiary/aromatic N) is 1. The highest BCUT2D eigenvalue weighted by atomic mass is 16.6. The van der Waals surface area contributed by atoms with Crippen LogP contribution in [0.3, 0.4) is 0 Å². The van der Waals surface area contributed by atoms with Gasteiger partial charge in [-0.3, -0.25) is 14.4 Å². The Hall–Kier alpha value is -4.40. The normalized spacial score (nSPS) is 13.5. The number of benzene rings is 3. The van der Waals surface area contributed by atoms with E-state index in [1.165, 1.54) is 4.90 Å². The molecule has 9 heteroatoms. The van der Waals surface area contributed by atoms with Crippen LogP contribution in [0.5, 0.6) is 0 Å². The predicted molar refractivity (Wildman–Crippen MR) is 179 cm³/mol. The van der Waals surface area contributed by atoms with Crippen molar-refractivity contribution in [2.75, 3.05) is 5.32 Å². The summed E-state index contributed by atoms with van der Waals surface area (Å²) >= 11 is 0. The average Bonchev–Trinajstić information content (AvgIpc) is 2.91. The highest BCUT2D eigenvalue weighted by molar-refractivity contribution is 6.01. The number of nitrogens with one attached hydrogen (secondary N) is 2. The van der Waals surface area contributed by atoms with Crippen LogP contribution in [0.1, 0.15) is 83.5 Å². The number of amides is 4. The van der Waals surface area contributed by atoms with Gasteiger partial charge in [0, 0.05) is 11.7 Å². The maximum Gasteiger partial charge on any atom is 0.408 e. The Morgan fingerprint density at radius 2 is 1.49 bits per heavy atom. The summed E-state index contributed by atoms with van der Waals surface area (Å²) < 4.78 is 5.41. The molecule has 0 aromatic heterocycles. The number of aryl methyl sites for hydroxylation is 2. The molecule has 0 saturated carbocycles. The van der Waals surface area contributed by atoms with E-state index in [0.29, 0.717) is 23.6 Å². The first kappa shape index (κ1) is 35.1. The van der Waals surface area contributed by atoms with Crippen molar-refractivity contribution in [2.45, 2.75) is 98.4 Å². The molecule has 0 heterocycles. The molecule has 0 spiro atoms. The summed E-state index contributed by atoms with van der Waals surface area (Å²) in [4.78, 5) is 55.5. The van der Waals surface area contributed by atoms with E-state index in [4.69, 9.17) is 10.5 Å². The van der Waals surface area contributed by atoms with Crippen molar-refractivity contribution < 1.29 is 23.9 Å². The molecule has 3 rings (SSSR count). The maximum atomic E-state index is 14.6. The van der Waals surface area contributed by atoms with Crippen LogP contribution in [0.25, 0.3) is 10.8 Å². The van der Waals surface area contributed by atoms with Crippen LogP contribution < -0.4 is 16.4 Å². The second-order valence-corrected chi connectivity index (χ2v) is 13.3. The van der Waals surface area contributed by atoms with Gasteiger partial charge in [-0.1, -0.05) is 73.5 Å². The van der Waals surface area contributed by atoms with Crippen molar-refractivity contribution in [3.05, 3.63) is 77.4 Å². The van der Waals surface area contributed by atoms with E-state index >= 15 is 0 Å². The first-order chi connectivity index (χ1) is 21.0. The summed E-state index contributed by atoms with van der Waals surface area (Å²) in [5.41, 5.74) is 7.77. The highest BCUT2D eigenvalue weighted by Gasteiger charge is 2.39. The van der Waals surface area contributed by atoms with E-state index in [-0.39, 0.29) is 0 Å². The van der Waals surface area contributed by atoms with Gasteiger partial charge in [0.25, 0.3) is 5.91 Å². The first-order valence-electron chi connectivity index (χ1n) is 15.5. The third-order valence-electron chi connectivity index (χ3n) is 7.39. The zero-order valence-electron chi connectivity index (χ0n) is 27.8. The van der Waals surface area contributed by atoms with E-state index in [9.17, 15) is 19.2 Å². The second-order valence-electron chi connectivity index (χ2n) is 13.3. The summed E-state index contributed by atoms with van der Waals surface area (Å²) in [5, 5.41) is 7.59. The van der Waals surface area contributed by atoms with Gasteiger partial charge in [-0.25, -0.2) is 4.79 Å². The summed E-state index contributed by atoms with van der Waals surface area (Å²) in [7, 11) is 0. The summed E-state index contributed by atoms with van der Waals surface area (Å²) in [5.74, 6) is -1.46. The quantitative estimate of drug-likeness (QED) is 0.212. The van der Waals surface area contributed by atoms with E-state index in [2.05, 4.69) is 24.5 Å². The first-order valence-corrected chi connectivity index (χ1v) is 15.5. The fourth-order valence-electron chi connectivity index (χ4n) is 5.43. The molecule has 3 aromatic carbocycles. The molecular weight excluding hydrogens is 568 g/mol. The van der Waals surface area contributed by atoms with E-state index in [1.807, 2.05) is 81.4 Å². The van der Waals surface area contributed by atoms with Crippen LogP contribution >= 0.6 is 0 Å². The van der Waals surface area contributed by atoms with Crippen LogP contribution in [0.2, 0.25) is 0 Å². The van der Waals surface area contributed by atoms with Gasteiger partial charge in [0.15, 0.2) is 0 Å². The number of alkyl carbamates (subject to hydrolysis) is 1. The SMILES string of the molecule is Cc1cc(C)cc(C(C(=O)Nc2ccc3ccccc3c2)N(C(=O)C(CC(N)=O)NC(=O)OC(C)(C)C)C(C)CCC(C)C)c1. The van der Waals surface area contributed by atoms with Crippen molar-refractivity contribution in [1.82, 2.24) is 10.2 Å². The van der Waals surface area contributed by atoms with Crippen LogP contribution in [0.15, 0.2) is 60.7 Å². The number of ether oxygens (including phenoxy) is 1. The molecule has 242 valence electrons. The van der Waals surface area contributed by atoms with E-state index in [0.717, 1.165) is 28.3 Å². The van der Waals surface area contributed by atoms with Gasteiger partial charge >= 0.3 is 6.09 Å². The average molecular weight is 617 g/mol. The number of nitrogens with two attached hydrogens (primary N) is 1. The Bertz CT molecular complexity index is 1510. The number of carbonyl (C=O) groups excluding carboxylic acids is 4. The minimum Gasteiger partial charge on any atom is -0.444 e. The van der Waals surface area contributed by atoms with Crippen molar-refractivity contribution in [2.24, 2.45) is 11.7 Å². The second kappa shape index (κ2) is 15.1. The van der Waals surface area contributed by atoms with Crippen LogP contribution in [0.4, 0.5) is 10.5 Å². The molecule has 0 aliphatic rings. The molecule has 0 bridgehead atoms. The topological polar surface area (TPSA) is 131 Å². The summed E-state index contributed by atoms with van der Waals surface area (Å²) in [6.45, 7) is 15.0. The van der Waals surface area contributed by atoms with Crippen LogP contribution in [0, 0.1) is 19.8 Å².